The molecule has 1 aromatic carbocycles. The normalized spacial score (nSPS) is 15.6. The van der Waals surface area contributed by atoms with E-state index in [0.29, 0.717) is 32.2 Å². The standard InChI is InChI=1S/C19H27FN6O/c1-14-24-25-17(26(14)2)12-22-18(21-10-11-27-3)23-13-19(8-9-19)15-6-4-5-7-16(15)20/h4-7H,8-13H2,1-3H3,(H2,21,22,23). The summed E-state index contributed by atoms with van der Waals surface area (Å²) in [6, 6.07) is 7.02. The Morgan fingerprint density at radius 3 is 2.70 bits per heavy atom. The summed E-state index contributed by atoms with van der Waals surface area (Å²) < 4.78 is 21.2. The summed E-state index contributed by atoms with van der Waals surface area (Å²) in [7, 11) is 3.58. The van der Waals surface area contributed by atoms with E-state index in [1.54, 1.807) is 13.2 Å². The van der Waals surface area contributed by atoms with Gasteiger partial charge in [0, 0.05) is 32.7 Å². The SMILES string of the molecule is COCCNC(=NCc1nnc(C)n1C)NCC1(c2ccccc2F)CC1. The average molecular weight is 374 g/mol. The number of benzene rings is 1. The van der Waals surface area contributed by atoms with Crippen LogP contribution in [-0.2, 0) is 23.7 Å². The molecule has 0 radical (unpaired) electrons. The fourth-order valence-corrected chi connectivity index (χ4v) is 3.02. The molecule has 0 bridgehead atoms. The molecule has 1 aliphatic rings. The predicted octanol–water partition coefficient (Wildman–Crippen LogP) is 1.68. The van der Waals surface area contributed by atoms with Crippen molar-refractivity contribution in [2.24, 2.45) is 12.0 Å². The van der Waals surface area contributed by atoms with Crippen LogP contribution in [0.15, 0.2) is 29.3 Å². The first-order chi connectivity index (χ1) is 13.1. The maximum Gasteiger partial charge on any atom is 0.191 e. The van der Waals surface area contributed by atoms with Crippen LogP contribution in [0.25, 0.3) is 0 Å². The summed E-state index contributed by atoms with van der Waals surface area (Å²) in [6.45, 7) is 4.15. The van der Waals surface area contributed by atoms with E-state index in [1.807, 2.05) is 30.7 Å². The molecule has 0 amide bonds. The molecule has 1 aromatic heterocycles. The Morgan fingerprint density at radius 2 is 2.07 bits per heavy atom. The Hall–Kier alpha value is -2.48. The number of aromatic nitrogens is 3. The summed E-state index contributed by atoms with van der Waals surface area (Å²) in [6.07, 6.45) is 1.93. The Balaban J connectivity index is 1.67. The van der Waals surface area contributed by atoms with Gasteiger partial charge in [-0.2, -0.15) is 0 Å². The van der Waals surface area contributed by atoms with Gasteiger partial charge in [-0.1, -0.05) is 18.2 Å². The van der Waals surface area contributed by atoms with Crippen LogP contribution in [-0.4, -0.2) is 47.5 Å². The molecule has 1 aliphatic carbocycles. The monoisotopic (exact) mass is 374 g/mol. The van der Waals surface area contributed by atoms with Gasteiger partial charge in [-0.25, -0.2) is 9.38 Å². The molecule has 1 fully saturated rings. The Morgan fingerprint density at radius 1 is 1.30 bits per heavy atom. The van der Waals surface area contributed by atoms with Crippen molar-refractivity contribution in [3.05, 3.63) is 47.3 Å². The largest absolute Gasteiger partial charge is 0.383 e. The highest BCUT2D eigenvalue weighted by atomic mass is 19.1. The van der Waals surface area contributed by atoms with Crippen LogP contribution in [0, 0.1) is 12.7 Å². The van der Waals surface area contributed by atoms with Crippen LogP contribution in [0.5, 0.6) is 0 Å². The molecule has 2 N–H and O–H groups in total. The molecule has 146 valence electrons. The van der Waals surface area contributed by atoms with Crippen molar-refractivity contribution in [1.82, 2.24) is 25.4 Å². The van der Waals surface area contributed by atoms with Crippen molar-refractivity contribution < 1.29 is 9.13 Å². The summed E-state index contributed by atoms with van der Waals surface area (Å²) in [5.74, 6) is 2.15. The molecule has 0 spiro atoms. The number of hydrogen-bond acceptors (Lipinski definition) is 4. The van der Waals surface area contributed by atoms with Gasteiger partial charge in [-0.15, -0.1) is 10.2 Å². The van der Waals surface area contributed by atoms with Gasteiger partial charge in [0.25, 0.3) is 0 Å². The molecule has 0 saturated heterocycles. The molecule has 0 unspecified atom stereocenters. The molecule has 3 rings (SSSR count). The van der Waals surface area contributed by atoms with Crippen LogP contribution >= 0.6 is 0 Å². The van der Waals surface area contributed by atoms with E-state index in [9.17, 15) is 4.39 Å². The van der Waals surface area contributed by atoms with E-state index in [4.69, 9.17) is 4.74 Å². The predicted molar refractivity (Wildman–Crippen MR) is 102 cm³/mol. The van der Waals surface area contributed by atoms with E-state index >= 15 is 0 Å². The van der Waals surface area contributed by atoms with Crippen molar-refractivity contribution in [1.29, 1.82) is 0 Å². The second-order valence-corrected chi connectivity index (χ2v) is 6.92. The van der Waals surface area contributed by atoms with Crippen molar-refractivity contribution in [3.8, 4) is 0 Å². The summed E-state index contributed by atoms with van der Waals surface area (Å²) in [5, 5.41) is 14.8. The maximum absolute atomic E-state index is 14.2. The Kier molecular flexibility index (Phi) is 6.05. The van der Waals surface area contributed by atoms with Gasteiger partial charge in [0.15, 0.2) is 11.8 Å². The zero-order valence-electron chi connectivity index (χ0n) is 16.1. The van der Waals surface area contributed by atoms with Gasteiger partial charge < -0.3 is 19.9 Å². The lowest BCUT2D eigenvalue weighted by Crippen LogP contribution is -2.42. The fourth-order valence-electron chi connectivity index (χ4n) is 3.02. The summed E-state index contributed by atoms with van der Waals surface area (Å²) in [5.41, 5.74) is 0.619. The highest BCUT2D eigenvalue weighted by Crippen LogP contribution is 2.48. The van der Waals surface area contributed by atoms with Crippen LogP contribution < -0.4 is 10.6 Å². The fraction of sp³-hybridized carbons (Fsp3) is 0.526. The Bertz CT molecular complexity index is 799. The number of aliphatic imine (C=N–C) groups is 1. The summed E-state index contributed by atoms with van der Waals surface area (Å²) in [4.78, 5) is 4.61. The lowest BCUT2D eigenvalue weighted by Gasteiger charge is -2.19. The molecular formula is C19H27FN6O. The molecule has 7 nitrogen and oxygen atoms in total. The van der Waals surface area contributed by atoms with Crippen LogP contribution in [0.3, 0.4) is 0 Å². The van der Waals surface area contributed by atoms with E-state index in [-0.39, 0.29) is 11.2 Å². The molecule has 1 saturated carbocycles. The number of nitrogens with one attached hydrogen (secondary N) is 2. The van der Waals surface area contributed by atoms with Crippen molar-refractivity contribution in [3.63, 3.8) is 0 Å². The molecule has 1 heterocycles. The third-order valence-corrected chi connectivity index (χ3v) is 5.05. The average Bonchev–Trinajstić information content (AvgIpc) is 3.39. The quantitative estimate of drug-likeness (QED) is 0.418. The number of guanidine groups is 1. The van der Waals surface area contributed by atoms with E-state index < -0.39 is 0 Å². The molecular weight excluding hydrogens is 347 g/mol. The third kappa shape index (κ3) is 4.63. The highest BCUT2D eigenvalue weighted by molar-refractivity contribution is 5.80. The zero-order chi connectivity index (χ0) is 19.3. The van der Waals surface area contributed by atoms with Crippen LogP contribution in [0.2, 0.25) is 0 Å². The third-order valence-electron chi connectivity index (χ3n) is 5.05. The minimum Gasteiger partial charge on any atom is -0.383 e. The molecule has 27 heavy (non-hydrogen) atoms. The minimum absolute atomic E-state index is 0.141. The first kappa shape index (κ1) is 19.3. The highest BCUT2D eigenvalue weighted by Gasteiger charge is 2.45. The van der Waals surface area contributed by atoms with Crippen molar-refractivity contribution >= 4 is 5.96 Å². The Labute approximate surface area is 159 Å². The number of ether oxygens (including phenoxy) is 1. The van der Waals surface area contributed by atoms with Gasteiger partial charge in [0.2, 0.25) is 0 Å². The molecule has 2 aromatic rings. The summed E-state index contributed by atoms with van der Waals surface area (Å²) >= 11 is 0. The number of rotatable bonds is 8. The second kappa shape index (κ2) is 8.47. The zero-order valence-corrected chi connectivity index (χ0v) is 16.1. The number of nitrogens with zero attached hydrogens (tertiary/aromatic N) is 4. The lowest BCUT2D eigenvalue weighted by atomic mass is 9.95. The lowest BCUT2D eigenvalue weighted by molar-refractivity contribution is 0.203. The van der Waals surface area contributed by atoms with Crippen molar-refractivity contribution in [2.75, 3.05) is 26.8 Å². The number of methoxy groups -OCH3 is 1. The topological polar surface area (TPSA) is 76.4 Å². The smallest absolute Gasteiger partial charge is 0.191 e. The minimum atomic E-state index is -0.156. The first-order valence-corrected chi connectivity index (χ1v) is 9.17. The number of halogens is 1. The first-order valence-electron chi connectivity index (χ1n) is 9.17. The van der Waals surface area contributed by atoms with Gasteiger partial charge in [0.1, 0.15) is 18.2 Å². The van der Waals surface area contributed by atoms with Crippen LogP contribution in [0.1, 0.15) is 30.1 Å². The van der Waals surface area contributed by atoms with Crippen LogP contribution in [0.4, 0.5) is 4.39 Å². The van der Waals surface area contributed by atoms with Gasteiger partial charge in [0.05, 0.1) is 6.61 Å². The van der Waals surface area contributed by atoms with Gasteiger partial charge >= 0.3 is 0 Å². The number of hydrogen-bond donors (Lipinski definition) is 2. The maximum atomic E-state index is 14.2. The molecule has 0 aliphatic heterocycles. The van der Waals surface area contributed by atoms with Gasteiger partial charge in [-0.05, 0) is 31.4 Å². The second-order valence-electron chi connectivity index (χ2n) is 6.92. The van der Waals surface area contributed by atoms with Gasteiger partial charge in [-0.3, -0.25) is 0 Å². The molecule has 8 heteroatoms. The van der Waals surface area contributed by atoms with E-state index in [1.165, 1.54) is 6.07 Å². The van der Waals surface area contributed by atoms with E-state index in [0.717, 1.165) is 30.1 Å². The number of aryl methyl sites for hydroxylation is 1. The molecule has 0 atom stereocenters. The van der Waals surface area contributed by atoms with E-state index in [2.05, 4.69) is 25.8 Å². The van der Waals surface area contributed by atoms with Crippen molar-refractivity contribution in [2.45, 2.75) is 31.7 Å².